The molecule has 0 saturated carbocycles. The summed E-state index contributed by atoms with van der Waals surface area (Å²) in [5, 5.41) is 0. The Morgan fingerprint density at radius 3 is 3.07 bits per heavy atom. The van der Waals surface area contributed by atoms with Gasteiger partial charge in [-0.2, -0.15) is 0 Å². The molecule has 0 radical (unpaired) electrons. The molecule has 0 saturated heterocycles. The number of esters is 1. The topological polar surface area (TPSA) is 76.6 Å². The zero-order valence-corrected chi connectivity index (χ0v) is 8.36. The monoisotopic (exact) mass is 196 g/mol. The summed E-state index contributed by atoms with van der Waals surface area (Å²) in [7, 11) is 0. The fraction of sp³-hybridized carbons (Fsp3) is 0.667. The van der Waals surface area contributed by atoms with Crippen LogP contribution in [0.1, 0.15) is 26.7 Å². The molecule has 5 heteroatoms. The quantitative estimate of drug-likeness (QED) is 0.314. The fourth-order valence-corrected chi connectivity index (χ4v) is 1.27. The molecule has 0 spiro atoms. The van der Waals surface area contributed by atoms with Gasteiger partial charge in [-0.1, -0.05) is 0 Å². The molecule has 76 valence electrons. The van der Waals surface area contributed by atoms with Gasteiger partial charge in [0.2, 0.25) is 0 Å². The summed E-state index contributed by atoms with van der Waals surface area (Å²) in [5.41, 5.74) is 7.33. The van der Waals surface area contributed by atoms with E-state index in [1.54, 1.807) is 0 Å². The minimum Gasteiger partial charge on any atom is -0.461 e. The maximum absolute atomic E-state index is 11.4. The van der Waals surface area contributed by atoms with Crippen LogP contribution in [0.25, 0.3) is 0 Å². The average Bonchev–Trinajstić information content (AvgIpc) is 2.52. The zero-order chi connectivity index (χ0) is 10.6. The Morgan fingerprint density at radius 2 is 2.50 bits per heavy atom. The number of carbonyl (C=O) groups excluding carboxylic acids is 1. The second kappa shape index (κ2) is 4.67. The van der Waals surface area contributed by atoms with Gasteiger partial charge < -0.3 is 4.74 Å². The first-order valence-electron chi connectivity index (χ1n) is 4.60. The van der Waals surface area contributed by atoms with E-state index in [9.17, 15) is 4.79 Å². The molecular formula is C9H14N3O2+. The zero-order valence-electron chi connectivity index (χ0n) is 8.36. The number of hydrogen-bond donors (Lipinski definition) is 1. The summed E-state index contributed by atoms with van der Waals surface area (Å²) >= 11 is 0. The van der Waals surface area contributed by atoms with Crippen LogP contribution in [-0.2, 0) is 9.53 Å². The van der Waals surface area contributed by atoms with Crippen LogP contribution in [0.5, 0.6) is 0 Å². The third-order valence-electron chi connectivity index (χ3n) is 1.83. The molecular weight excluding hydrogens is 182 g/mol. The second-order valence-electron chi connectivity index (χ2n) is 3.42. The maximum atomic E-state index is 11.4. The Morgan fingerprint density at radius 1 is 1.79 bits per heavy atom. The van der Waals surface area contributed by atoms with Crippen molar-refractivity contribution >= 4 is 17.9 Å². The standard InChI is InChI=1S/C9H14N3O2/c1-6(2)14-9(13)8-4-3-7(12-8)5-11-10/h5-6,8,10H,3-4H2,1-2H3/q+1/t8-/m0/s1. The highest BCUT2D eigenvalue weighted by Crippen LogP contribution is 2.14. The lowest BCUT2D eigenvalue weighted by Crippen LogP contribution is -2.22. The largest absolute Gasteiger partial charge is 0.461 e. The Kier molecular flexibility index (Phi) is 3.54. The summed E-state index contributed by atoms with van der Waals surface area (Å²) in [6, 6.07) is -0.398. The van der Waals surface area contributed by atoms with E-state index in [2.05, 4.69) is 9.78 Å². The van der Waals surface area contributed by atoms with Gasteiger partial charge in [0, 0.05) is 4.79 Å². The molecule has 14 heavy (non-hydrogen) atoms. The van der Waals surface area contributed by atoms with Crippen LogP contribution in [0.15, 0.2) is 4.99 Å². The molecule has 0 aromatic rings. The molecule has 1 heterocycles. The highest BCUT2D eigenvalue weighted by Gasteiger charge is 2.27. The summed E-state index contributed by atoms with van der Waals surface area (Å²) in [6.07, 6.45) is 2.61. The molecule has 0 aromatic heterocycles. The van der Waals surface area contributed by atoms with Crippen LogP contribution >= 0.6 is 0 Å². The molecule has 1 rings (SSSR count). The second-order valence-corrected chi connectivity index (χ2v) is 3.42. The van der Waals surface area contributed by atoms with Gasteiger partial charge in [-0.05, 0) is 26.7 Å². The average molecular weight is 196 g/mol. The minimum absolute atomic E-state index is 0.105. The van der Waals surface area contributed by atoms with Gasteiger partial charge in [0.1, 0.15) is 11.8 Å². The van der Waals surface area contributed by atoms with Crippen molar-refractivity contribution in [2.45, 2.75) is 38.8 Å². The first-order valence-corrected chi connectivity index (χ1v) is 4.60. The first kappa shape index (κ1) is 10.6. The maximum Gasteiger partial charge on any atom is 0.350 e. The summed E-state index contributed by atoms with van der Waals surface area (Å²) in [6.45, 7) is 3.62. The molecule has 1 aliphatic heterocycles. The van der Waals surface area contributed by atoms with Crippen LogP contribution in [0, 0.1) is 5.53 Å². The smallest absolute Gasteiger partial charge is 0.350 e. The van der Waals surface area contributed by atoms with Gasteiger partial charge in [0.05, 0.1) is 11.6 Å². The molecule has 5 nitrogen and oxygen atoms in total. The predicted octanol–water partition coefficient (Wildman–Crippen LogP) is 0.851. The van der Waals surface area contributed by atoms with Gasteiger partial charge in [0.25, 0.3) is 0 Å². The SMILES string of the molecule is CC(C)OC(=O)[C@@H]1CCC(C=[N+]=N)=N1. The normalized spacial score (nSPS) is 20.2. The Balaban J connectivity index is 2.56. The van der Waals surface area contributed by atoms with Crippen molar-refractivity contribution in [3.05, 3.63) is 0 Å². The Labute approximate surface area is 82.4 Å². The van der Waals surface area contributed by atoms with Gasteiger partial charge >= 0.3 is 12.2 Å². The highest BCUT2D eigenvalue weighted by molar-refractivity contribution is 6.29. The Hall–Kier alpha value is -1.48. The number of hydrogen-bond acceptors (Lipinski definition) is 4. The van der Waals surface area contributed by atoms with E-state index in [0.717, 1.165) is 0 Å². The number of carbonyl (C=O) groups is 1. The minimum atomic E-state index is -0.398. The van der Waals surface area contributed by atoms with Crippen LogP contribution in [0.4, 0.5) is 0 Å². The van der Waals surface area contributed by atoms with Gasteiger partial charge in [-0.15, -0.1) is 0 Å². The molecule has 1 aliphatic rings. The van der Waals surface area contributed by atoms with E-state index < -0.39 is 6.04 Å². The summed E-state index contributed by atoms with van der Waals surface area (Å²) in [5.74, 6) is -0.284. The summed E-state index contributed by atoms with van der Waals surface area (Å²) < 4.78 is 5.02. The fourth-order valence-electron chi connectivity index (χ4n) is 1.27. The number of nitrogens with zero attached hydrogens (tertiary/aromatic N) is 2. The van der Waals surface area contributed by atoms with Crippen molar-refractivity contribution < 1.29 is 14.3 Å². The molecule has 0 amide bonds. The summed E-state index contributed by atoms with van der Waals surface area (Å²) in [4.78, 5) is 18.6. The van der Waals surface area contributed by atoms with E-state index in [0.29, 0.717) is 18.6 Å². The van der Waals surface area contributed by atoms with Crippen LogP contribution < -0.4 is 0 Å². The van der Waals surface area contributed by atoms with E-state index >= 15 is 0 Å². The lowest BCUT2D eigenvalue weighted by atomic mass is 10.2. The van der Waals surface area contributed by atoms with Gasteiger partial charge in [-0.25, -0.2) is 4.79 Å². The van der Waals surface area contributed by atoms with Crippen molar-refractivity contribution in [2.75, 3.05) is 0 Å². The molecule has 0 fully saturated rings. The van der Waals surface area contributed by atoms with Gasteiger partial charge in [0.15, 0.2) is 0 Å². The molecule has 0 aromatic carbocycles. The van der Waals surface area contributed by atoms with E-state index in [-0.39, 0.29) is 12.1 Å². The predicted molar refractivity (Wildman–Crippen MR) is 50.7 cm³/mol. The lowest BCUT2D eigenvalue weighted by Gasteiger charge is -2.10. The van der Waals surface area contributed by atoms with E-state index in [4.69, 9.17) is 10.3 Å². The van der Waals surface area contributed by atoms with Crippen LogP contribution in [-0.4, -0.2) is 34.8 Å². The molecule has 1 N–H and O–H groups in total. The number of aliphatic imine (C=N–C) groups is 1. The molecule has 0 bridgehead atoms. The number of nitrogens with one attached hydrogen (secondary N) is 1. The van der Waals surface area contributed by atoms with Crippen LogP contribution in [0.2, 0.25) is 0 Å². The van der Waals surface area contributed by atoms with E-state index in [1.165, 1.54) is 6.21 Å². The lowest BCUT2D eigenvalue weighted by molar-refractivity contribution is -0.148. The third-order valence-corrected chi connectivity index (χ3v) is 1.83. The van der Waals surface area contributed by atoms with Crippen molar-refractivity contribution in [1.29, 1.82) is 5.53 Å². The van der Waals surface area contributed by atoms with Crippen LogP contribution in [0.3, 0.4) is 0 Å². The van der Waals surface area contributed by atoms with Crippen molar-refractivity contribution in [2.24, 2.45) is 4.99 Å². The highest BCUT2D eigenvalue weighted by atomic mass is 16.5. The molecule has 1 atom stereocenters. The van der Waals surface area contributed by atoms with Crippen molar-refractivity contribution in [1.82, 2.24) is 0 Å². The number of rotatable bonds is 3. The molecule has 0 aliphatic carbocycles. The van der Waals surface area contributed by atoms with Crippen molar-refractivity contribution in [3.8, 4) is 0 Å². The molecule has 0 unspecified atom stereocenters. The van der Waals surface area contributed by atoms with Crippen molar-refractivity contribution in [3.63, 3.8) is 0 Å². The number of ether oxygens (including phenoxy) is 1. The third kappa shape index (κ3) is 2.78. The Bertz CT molecular complexity index is 303. The first-order chi connectivity index (χ1) is 6.63. The van der Waals surface area contributed by atoms with Gasteiger partial charge in [-0.3, -0.25) is 4.99 Å². The van der Waals surface area contributed by atoms with E-state index in [1.807, 2.05) is 13.8 Å².